The maximum absolute atomic E-state index is 12.8. The second kappa shape index (κ2) is 8.61. The Balaban J connectivity index is 1.44. The maximum Gasteiger partial charge on any atom is 0.255 e. The summed E-state index contributed by atoms with van der Waals surface area (Å²) in [5, 5.41) is 5.80. The molecule has 0 radical (unpaired) electrons. The number of anilines is 1. The van der Waals surface area contributed by atoms with E-state index in [0.29, 0.717) is 29.2 Å². The number of ether oxygens (including phenoxy) is 1. The first-order valence-electron chi connectivity index (χ1n) is 9.67. The summed E-state index contributed by atoms with van der Waals surface area (Å²) >= 11 is 0. The van der Waals surface area contributed by atoms with E-state index in [2.05, 4.69) is 10.6 Å². The fourth-order valence-electron chi connectivity index (χ4n) is 2.94. The minimum atomic E-state index is -0.290. The molecule has 2 N–H and O–H groups in total. The second-order valence-corrected chi connectivity index (χ2v) is 7.05. The Bertz CT molecular complexity index is 1010. The summed E-state index contributed by atoms with van der Waals surface area (Å²) in [6, 6.07) is 24.1. The molecule has 0 aliphatic heterocycles. The van der Waals surface area contributed by atoms with Gasteiger partial charge in [-0.2, -0.15) is 0 Å². The van der Waals surface area contributed by atoms with Gasteiger partial charge < -0.3 is 15.4 Å². The number of para-hydroxylation sites is 1. The van der Waals surface area contributed by atoms with E-state index in [1.807, 2.05) is 36.4 Å². The van der Waals surface area contributed by atoms with Crippen LogP contribution < -0.4 is 15.4 Å². The Morgan fingerprint density at radius 1 is 0.862 bits per heavy atom. The molecule has 0 saturated heterocycles. The zero-order valence-electron chi connectivity index (χ0n) is 15.9. The summed E-state index contributed by atoms with van der Waals surface area (Å²) in [4.78, 5) is 25.2. The average Bonchev–Trinajstić information content (AvgIpc) is 3.57. The number of hydrogen-bond donors (Lipinski definition) is 2. The Labute approximate surface area is 169 Å². The fourth-order valence-corrected chi connectivity index (χ4v) is 2.94. The molecule has 0 atom stereocenters. The molecule has 1 aliphatic rings. The molecule has 4 rings (SSSR count). The SMILES string of the molecule is O=C(Nc1ccccc1C(=O)NC1CC1)c1cccc(OCc2ccccc2)c1. The Morgan fingerprint density at radius 3 is 2.41 bits per heavy atom. The fraction of sp³-hybridized carbons (Fsp3) is 0.167. The quantitative estimate of drug-likeness (QED) is 0.632. The van der Waals surface area contributed by atoms with Gasteiger partial charge >= 0.3 is 0 Å². The van der Waals surface area contributed by atoms with Gasteiger partial charge in [-0.1, -0.05) is 48.5 Å². The van der Waals surface area contributed by atoms with Crippen molar-refractivity contribution in [3.63, 3.8) is 0 Å². The van der Waals surface area contributed by atoms with E-state index in [1.54, 1.807) is 42.5 Å². The zero-order valence-corrected chi connectivity index (χ0v) is 15.9. The van der Waals surface area contributed by atoms with Crippen LogP contribution in [0.15, 0.2) is 78.9 Å². The van der Waals surface area contributed by atoms with Gasteiger partial charge in [0.25, 0.3) is 11.8 Å². The third kappa shape index (κ3) is 5.02. The molecule has 0 bridgehead atoms. The minimum Gasteiger partial charge on any atom is -0.489 e. The monoisotopic (exact) mass is 386 g/mol. The molecule has 146 valence electrons. The van der Waals surface area contributed by atoms with E-state index in [-0.39, 0.29) is 17.9 Å². The molecular weight excluding hydrogens is 364 g/mol. The van der Waals surface area contributed by atoms with Gasteiger partial charge in [0.1, 0.15) is 12.4 Å². The second-order valence-electron chi connectivity index (χ2n) is 7.05. The molecule has 29 heavy (non-hydrogen) atoms. The van der Waals surface area contributed by atoms with E-state index >= 15 is 0 Å². The maximum atomic E-state index is 12.8. The first-order valence-corrected chi connectivity index (χ1v) is 9.67. The van der Waals surface area contributed by atoms with Crippen LogP contribution in [0.5, 0.6) is 5.75 Å². The van der Waals surface area contributed by atoms with Crippen molar-refractivity contribution in [1.29, 1.82) is 0 Å². The molecule has 3 aromatic carbocycles. The number of hydrogen-bond acceptors (Lipinski definition) is 3. The number of carbonyl (C=O) groups is 2. The molecule has 0 heterocycles. The Kier molecular flexibility index (Phi) is 5.56. The van der Waals surface area contributed by atoms with Gasteiger partial charge in [-0.25, -0.2) is 0 Å². The number of nitrogens with one attached hydrogen (secondary N) is 2. The number of carbonyl (C=O) groups excluding carboxylic acids is 2. The van der Waals surface area contributed by atoms with Crippen molar-refractivity contribution in [3.8, 4) is 5.75 Å². The molecule has 1 aliphatic carbocycles. The average molecular weight is 386 g/mol. The van der Waals surface area contributed by atoms with Crippen molar-refractivity contribution >= 4 is 17.5 Å². The van der Waals surface area contributed by atoms with Crippen molar-refractivity contribution < 1.29 is 14.3 Å². The van der Waals surface area contributed by atoms with Crippen LogP contribution in [0.3, 0.4) is 0 Å². The minimum absolute atomic E-state index is 0.164. The molecule has 0 aromatic heterocycles. The first-order chi connectivity index (χ1) is 14.2. The van der Waals surface area contributed by atoms with Crippen molar-refractivity contribution in [1.82, 2.24) is 5.32 Å². The molecular formula is C24H22N2O3. The summed E-state index contributed by atoms with van der Waals surface area (Å²) in [7, 11) is 0. The van der Waals surface area contributed by atoms with Gasteiger partial charge in [0, 0.05) is 11.6 Å². The van der Waals surface area contributed by atoms with E-state index < -0.39 is 0 Å². The molecule has 5 nitrogen and oxygen atoms in total. The predicted molar refractivity (Wildman–Crippen MR) is 112 cm³/mol. The van der Waals surface area contributed by atoms with E-state index in [9.17, 15) is 9.59 Å². The van der Waals surface area contributed by atoms with Gasteiger partial charge in [0.15, 0.2) is 0 Å². The van der Waals surface area contributed by atoms with Crippen LogP contribution in [0.4, 0.5) is 5.69 Å². The van der Waals surface area contributed by atoms with Crippen molar-refractivity contribution in [2.75, 3.05) is 5.32 Å². The highest BCUT2D eigenvalue weighted by Crippen LogP contribution is 2.22. The molecule has 1 fully saturated rings. The Hall–Kier alpha value is -3.60. The predicted octanol–water partition coefficient (Wildman–Crippen LogP) is 4.41. The zero-order chi connectivity index (χ0) is 20.1. The largest absolute Gasteiger partial charge is 0.489 e. The molecule has 3 aromatic rings. The standard InChI is InChI=1S/C24H22N2O3/c27-23(26-22-12-5-4-11-21(22)24(28)25-19-13-14-19)18-9-6-10-20(15-18)29-16-17-7-2-1-3-8-17/h1-12,15,19H,13-14,16H2,(H,25,28)(H,26,27). The lowest BCUT2D eigenvalue weighted by atomic mass is 10.1. The van der Waals surface area contributed by atoms with Crippen LogP contribution in [0, 0.1) is 0 Å². The summed E-state index contributed by atoms with van der Waals surface area (Å²) in [6.07, 6.45) is 2.02. The summed E-state index contributed by atoms with van der Waals surface area (Å²) < 4.78 is 5.80. The number of rotatable bonds is 7. The smallest absolute Gasteiger partial charge is 0.255 e. The van der Waals surface area contributed by atoms with Crippen LogP contribution in [0.2, 0.25) is 0 Å². The van der Waals surface area contributed by atoms with Crippen molar-refractivity contribution in [2.24, 2.45) is 0 Å². The van der Waals surface area contributed by atoms with Crippen LogP contribution >= 0.6 is 0 Å². The van der Waals surface area contributed by atoms with Crippen LogP contribution in [0.1, 0.15) is 39.1 Å². The van der Waals surface area contributed by atoms with Gasteiger partial charge in [0.2, 0.25) is 0 Å². The van der Waals surface area contributed by atoms with Gasteiger partial charge in [-0.15, -0.1) is 0 Å². The highest BCUT2D eigenvalue weighted by atomic mass is 16.5. The van der Waals surface area contributed by atoms with Crippen molar-refractivity contribution in [2.45, 2.75) is 25.5 Å². The first kappa shape index (κ1) is 18.7. The summed E-state index contributed by atoms with van der Waals surface area (Å²) in [5.41, 5.74) is 2.47. The molecule has 0 unspecified atom stereocenters. The topological polar surface area (TPSA) is 67.4 Å². The van der Waals surface area contributed by atoms with Gasteiger partial charge in [-0.3, -0.25) is 9.59 Å². The normalized spacial score (nSPS) is 12.8. The third-order valence-electron chi connectivity index (χ3n) is 4.68. The van der Waals surface area contributed by atoms with Crippen LogP contribution in [-0.4, -0.2) is 17.9 Å². The highest BCUT2D eigenvalue weighted by Gasteiger charge is 2.25. The Morgan fingerprint density at radius 2 is 1.62 bits per heavy atom. The molecule has 0 spiro atoms. The van der Waals surface area contributed by atoms with E-state index in [1.165, 1.54) is 0 Å². The third-order valence-corrected chi connectivity index (χ3v) is 4.68. The van der Waals surface area contributed by atoms with E-state index in [0.717, 1.165) is 18.4 Å². The van der Waals surface area contributed by atoms with Gasteiger partial charge in [-0.05, 0) is 48.7 Å². The van der Waals surface area contributed by atoms with Gasteiger partial charge in [0.05, 0.1) is 11.3 Å². The van der Waals surface area contributed by atoms with Crippen LogP contribution in [0.25, 0.3) is 0 Å². The molecule has 1 saturated carbocycles. The lowest BCUT2D eigenvalue weighted by molar-refractivity contribution is 0.0952. The lowest BCUT2D eigenvalue weighted by Gasteiger charge is -2.12. The highest BCUT2D eigenvalue weighted by molar-refractivity contribution is 6.09. The molecule has 5 heteroatoms. The summed E-state index contributed by atoms with van der Waals surface area (Å²) in [5.74, 6) is 0.159. The number of benzene rings is 3. The summed E-state index contributed by atoms with van der Waals surface area (Å²) in [6.45, 7) is 0.427. The number of amides is 2. The van der Waals surface area contributed by atoms with Crippen LogP contribution in [-0.2, 0) is 6.61 Å². The molecule has 2 amide bonds. The van der Waals surface area contributed by atoms with Crippen molar-refractivity contribution in [3.05, 3.63) is 95.6 Å². The van der Waals surface area contributed by atoms with E-state index in [4.69, 9.17) is 4.74 Å². The lowest BCUT2D eigenvalue weighted by Crippen LogP contribution is -2.27.